The Morgan fingerprint density at radius 3 is 2.18 bits per heavy atom. The number of nitrogens with one attached hydrogen (secondary N) is 1. The standard InChI is InChI=1S/C25H34ClN3O4S/c1-17(2)14-27-25(31)20(5)28(15-21-10-7-18(3)8-11-21)24(30)16-29(34(6,32)33)22-12-9-19(4)23(26)13-22/h7-13,17,20H,14-16H2,1-6H3,(H,27,31)/t20-/m1/s1. The summed E-state index contributed by atoms with van der Waals surface area (Å²) in [6, 6.07) is 11.7. The van der Waals surface area contributed by atoms with Gasteiger partial charge in [-0.1, -0.05) is 61.3 Å². The van der Waals surface area contributed by atoms with Gasteiger partial charge >= 0.3 is 0 Å². The average Bonchev–Trinajstić information content (AvgIpc) is 2.76. The molecule has 0 aliphatic heterocycles. The number of aryl methyl sites for hydroxylation is 2. The maximum absolute atomic E-state index is 13.5. The molecule has 0 spiro atoms. The Morgan fingerprint density at radius 2 is 1.65 bits per heavy atom. The highest BCUT2D eigenvalue weighted by molar-refractivity contribution is 7.92. The van der Waals surface area contributed by atoms with E-state index in [1.807, 2.05) is 52.0 Å². The number of carbonyl (C=O) groups is 2. The molecule has 2 aromatic rings. The number of hydrogen-bond donors (Lipinski definition) is 1. The maximum atomic E-state index is 13.5. The average molecular weight is 508 g/mol. The van der Waals surface area contributed by atoms with Gasteiger partial charge < -0.3 is 10.2 Å². The van der Waals surface area contributed by atoms with Crippen LogP contribution in [0.15, 0.2) is 42.5 Å². The van der Waals surface area contributed by atoms with Crippen molar-refractivity contribution in [2.24, 2.45) is 5.92 Å². The second kappa shape index (κ2) is 11.7. The Balaban J connectivity index is 2.37. The van der Waals surface area contributed by atoms with Crippen LogP contribution in [0.5, 0.6) is 0 Å². The number of benzene rings is 2. The Morgan fingerprint density at radius 1 is 1.03 bits per heavy atom. The minimum absolute atomic E-state index is 0.168. The van der Waals surface area contributed by atoms with Gasteiger partial charge in [-0.3, -0.25) is 13.9 Å². The van der Waals surface area contributed by atoms with Gasteiger partial charge in [0.2, 0.25) is 21.8 Å². The lowest BCUT2D eigenvalue weighted by Gasteiger charge is -2.31. The zero-order valence-electron chi connectivity index (χ0n) is 20.6. The van der Waals surface area contributed by atoms with Crippen LogP contribution in [-0.4, -0.2) is 50.5 Å². The molecule has 0 saturated heterocycles. The highest BCUT2D eigenvalue weighted by Crippen LogP contribution is 2.25. The number of anilines is 1. The van der Waals surface area contributed by atoms with E-state index >= 15 is 0 Å². The van der Waals surface area contributed by atoms with E-state index in [1.54, 1.807) is 19.1 Å². The Bertz CT molecular complexity index is 1120. The first kappa shape index (κ1) is 27.7. The quantitative estimate of drug-likeness (QED) is 0.528. The molecule has 1 N–H and O–H groups in total. The molecule has 0 fully saturated rings. The summed E-state index contributed by atoms with van der Waals surface area (Å²) in [6.07, 6.45) is 1.04. The molecule has 7 nitrogen and oxygen atoms in total. The SMILES string of the molecule is Cc1ccc(CN(C(=O)CN(c2ccc(C)c(Cl)c2)S(C)(=O)=O)[C@H](C)C(=O)NCC(C)C)cc1. The van der Waals surface area contributed by atoms with Gasteiger partial charge in [0, 0.05) is 18.1 Å². The minimum Gasteiger partial charge on any atom is -0.354 e. The van der Waals surface area contributed by atoms with E-state index in [4.69, 9.17) is 11.6 Å². The second-order valence-corrected chi connectivity index (χ2v) is 11.3. The molecular formula is C25H34ClN3O4S. The van der Waals surface area contributed by atoms with Crippen molar-refractivity contribution in [3.05, 3.63) is 64.2 Å². The summed E-state index contributed by atoms with van der Waals surface area (Å²) in [5.74, 6) is -0.530. The van der Waals surface area contributed by atoms with Crippen molar-refractivity contribution in [3.8, 4) is 0 Å². The first-order valence-electron chi connectivity index (χ1n) is 11.2. The number of hydrogen-bond acceptors (Lipinski definition) is 4. The molecule has 2 rings (SSSR count). The third-order valence-corrected chi connectivity index (χ3v) is 7.00. The smallest absolute Gasteiger partial charge is 0.244 e. The second-order valence-electron chi connectivity index (χ2n) is 9.03. The Kier molecular flexibility index (Phi) is 9.53. The number of amides is 2. The first-order valence-corrected chi connectivity index (χ1v) is 13.4. The lowest BCUT2D eigenvalue weighted by atomic mass is 10.1. The van der Waals surface area contributed by atoms with Crippen molar-refractivity contribution in [2.45, 2.75) is 47.2 Å². The Labute approximate surface area is 208 Å². The third kappa shape index (κ3) is 7.74. The first-order chi connectivity index (χ1) is 15.8. The summed E-state index contributed by atoms with van der Waals surface area (Å²) in [6.45, 7) is 9.58. The van der Waals surface area contributed by atoms with Gasteiger partial charge in [-0.05, 0) is 49.9 Å². The highest BCUT2D eigenvalue weighted by Gasteiger charge is 2.30. The zero-order chi connectivity index (χ0) is 25.6. The van der Waals surface area contributed by atoms with Crippen molar-refractivity contribution >= 4 is 39.1 Å². The Hall–Kier alpha value is -2.58. The van der Waals surface area contributed by atoms with Crippen molar-refractivity contribution in [3.63, 3.8) is 0 Å². The lowest BCUT2D eigenvalue weighted by Crippen LogP contribution is -2.51. The van der Waals surface area contributed by atoms with Crippen LogP contribution in [0.1, 0.15) is 37.5 Å². The van der Waals surface area contributed by atoms with Crippen LogP contribution in [0.4, 0.5) is 5.69 Å². The summed E-state index contributed by atoms with van der Waals surface area (Å²) >= 11 is 6.21. The molecule has 0 saturated carbocycles. The number of sulfonamides is 1. The van der Waals surface area contributed by atoms with Gasteiger partial charge in [-0.15, -0.1) is 0 Å². The topological polar surface area (TPSA) is 86.8 Å². The molecule has 2 amide bonds. The van der Waals surface area contributed by atoms with Crippen LogP contribution in [0, 0.1) is 19.8 Å². The van der Waals surface area contributed by atoms with Crippen LogP contribution in [0.25, 0.3) is 0 Å². The fourth-order valence-electron chi connectivity index (χ4n) is 3.28. The van der Waals surface area contributed by atoms with E-state index in [0.717, 1.165) is 27.3 Å². The summed E-state index contributed by atoms with van der Waals surface area (Å²) in [4.78, 5) is 27.7. The molecule has 0 heterocycles. The fraction of sp³-hybridized carbons (Fsp3) is 0.440. The molecule has 0 aliphatic carbocycles. The van der Waals surface area contributed by atoms with Gasteiger partial charge in [-0.25, -0.2) is 8.42 Å². The van der Waals surface area contributed by atoms with Crippen LogP contribution < -0.4 is 9.62 Å². The van der Waals surface area contributed by atoms with Crippen LogP contribution >= 0.6 is 11.6 Å². The van der Waals surface area contributed by atoms with Crippen LogP contribution in [0.3, 0.4) is 0 Å². The van der Waals surface area contributed by atoms with E-state index in [1.165, 1.54) is 11.0 Å². The lowest BCUT2D eigenvalue weighted by molar-refractivity contribution is -0.139. The minimum atomic E-state index is -3.80. The number of carbonyl (C=O) groups excluding carboxylic acids is 2. The van der Waals surface area contributed by atoms with E-state index in [2.05, 4.69) is 5.32 Å². The normalized spacial score (nSPS) is 12.4. The largest absolute Gasteiger partial charge is 0.354 e. The molecule has 2 aromatic carbocycles. The summed E-state index contributed by atoms with van der Waals surface area (Å²) < 4.78 is 26.2. The molecule has 1 atom stereocenters. The van der Waals surface area contributed by atoms with Crippen molar-refractivity contribution in [2.75, 3.05) is 23.7 Å². The summed E-state index contributed by atoms with van der Waals surface area (Å²) in [5, 5.41) is 3.26. The molecule has 0 bridgehead atoms. The molecule has 0 unspecified atom stereocenters. The molecule has 0 aromatic heterocycles. The molecule has 9 heteroatoms. The predicted molar refractivity (Wildman–Crippen MR) is 137 cm³/mol. The van der Waals surface area contributed by atoms with E-state index in [9.17, 15) is 18.0 Å². The fourth-order valence-corrected chi connectivity index (χ4v) is 4.29. The van der Waals surface area contributed by atoms with Gasteiger partial charge in [0.1, 0.15) is 12.6 Å². The molecule has 0 aliphatic rings. The van der Waals surface area contributed by atoms with E-state index < -0.39 is 28.5 Å². The van der Waals surface area contributed by atoms with Gasteiger partial charge in [0.25, 0.3) is 0 Å². The van der Waals surface area contributed by atoms with Crippen molar-refractivity contribution in [1.29, 1.82) is 0 Å². The summed E-state index contributed by atoms with van der Waals surface area (Å²) in [5.41, 5.74) is 3.00. The van der Waals surface area contributed by atoms with Crippen molar-refractivity contribution in [1.82, 2.24) is 10.2 Å². The highest BCUT2D eigenvalue weighted by atomic mass is 35.5. The maximum Gasteiger partial charge on any atom is 0.244 e. The van der Waals surface area contributed by atoms with Gasteiger partial charge in [-0.2, -0.15) is 0 Å². The number of halogens is 1. The monoisotopic (exact) mass is 507 g/mol. The van der Waals surface area contributed by atoms with Crippen molar-refractivity contribution < 1.29 is 18.0 Å². The number of rotatable bonds is 10. The van der Waals surface area contributed by atoms with E-state index in [0.29, 0.717) is 17.3 Å². The molecule has 34 heavy (non-hydrogen) atoms. The molecule has 186 valence electrons. The zero-order valence-corrected chi connectivity index (χ0v) is 22.2. The van der Waals surface area contributed by atoms with Crippen LogP contribution in [-0.2, 0) is 26.2 Å². The molecule has 0 radical (unpaired) electrons. The van der Waals surface area contributed by atoms with Gasteiger partial charge in [0.05, 0.1) is 11.9 Å². The van der Waals surface area contributed by atoms with Gasteiger partial charge in [0.15, 0.2) is 0 Å². The predicted octanol–water partition coefficient (Wildman–Crippen LogP) is 3.91. The number of nitrogens with zero attached hydrogens (tertiary/aromatic N) is 2. The molecular weight excluding hydrogens is 474 g/mol. The summed E-state index contributed by atoms with van der Waals surface area (Å²) in [7, 11) is -3.80. The third-order valence-electron chi connectivity index (χ3n) is 5.45. The van der Waals surface area contributed by atoms with E-state index in [-0.39, 0.29) is 18.4 Å². The van der Waals surface area contributed by atoms with Crippen LogP contribution in [0.2, 0.25) is 5.02 Å².